The van der Waals surface area contributed by atoms with Crippen LogP contribution in [0, 0.1) is 5.92 Å². The molecule has 14 nitrogen and oxygen atoms in total. The monoisotopic (exact) mass is 1270 g/mol. The molecule has 6 rings (SSSR count). The first-order valence-corrected chi connectivity index (χ1v) is 27.7. The van der Waals surface area contributed by atoms with Gasteiger partial charge in [-0.2, -0.15) is 0 Å². The van der Waals surface area contributed by atoms with Crippen LogP contribution in [0.25, 0.3) is 0 Å². The van der Waals surface area contributed by atoms with Gasteiger partial charge in [-0.05, 0) is 116 Å². The zero-order valence-electron chi connectivity index (χ0n) is 41.2. The third-order valence-corrected chi connectivity index (χ3v) is 14.0. The van der Waals surface area contributed by atoms with Crippen LogP contribution in [0.5, 0.6) is 0 Å². The smallest absolute Gasteiger partial charge is 0.338 e. The number of carbonyl (C=O) groups is 5. The summed E-state index contributed by atoms with van der Waals surface area (Å²) in [5.74, 6) is -3.05. The molecule has 2 aromatic heterocycles. The summed E-state index contributed by atoms with van der Waals surface area (Å²) in [7, 11) is 0. The van der Waals surface area contributed by atoms with E-state index in [9.17, 15) is 24.0 Å². The zero-order valence-corrected chi connectivity index (χ0v) is 47.6. The highest BCUT2D eigenvalue weighted by atomic mass is 79.9. The number of halogens is 4. The predicted molar refractivity (Wildman–Crippen MR) is 289 cm³/mol. The number of hydrogen-bond acceptors (Lipinski definition) is 14. The summed E-state index contributed by atoms with van der Waals surface area (Å²) in [6.07, 6.45) is 7.36. The van der Waals surface area contributed by atoms with E-state index in [-0.39, 0.29) is 46.0 Å². The SMILES string of the molecule is CC(C)CCCCCCCCCCCC(=O)O[C@@H](c1cnco1)c1nc([C@H](C[C@@H](OC(=O)c2ccc(Br)cc2)[C@@H](OC(=O)c2ccc(Br)cc2)[C@@H](C)OC(=O)c2ccc(Br)cc2)OC(=O)c2ccc(Br)cc2)co1. The Kier molecular flexibility index (Phi) is 23.1. The van der Waals surface area contributed by atoms with E-state index in [1.807, 2.05) is 0 Å². The van der Waals surface area contributed by atoms with E-state index >= 15 is 0 Å². The van der Waals surface area contributed by atoms with Gasteiger partial charge in [0.25, 0.3) is 0 Å². The molecule has 0 saturated carbocycles. The molecule has 0 amide bonds. The Bertz CT molecular complexity index is 2710. The van der Waals surface area contributed by atoms with Gasteiger partial charge in [-0.15, -0.1) is 0 Å². The summed E-state index contributed by atoms with van der Waals surface area (Å²) in [4.78, 5) is 78.2. The van der Waals surface area contributed by atoms with Gasteiger partial charge in [0.05, 0.1) is 28.5 Å². The highest BCUT2D eigenvalue weighted by Gasteiger charge is 2.41. The van der Waals surface area contributed by atoms with Crippen LogP contribution in [0.1, 0.15) is 169 Å². The van der Waals surface area contributed by atoms with Crippen molar-refractivity contribution in [2.75, 3.05) is 0 Å². The maximum atomic E-state index is 14.2. The molecular formula is C56H58Br4N2O12. The molecule has 0 radical (unpaired) electrons. The van der Waals surface area contributed by atoms with Crippen LogP contribution in [0.4, 0.5) is 0 Å². The normalized spacial score (nSPS) is 13.3. The number of hydrogen-bond donors (Lipinski definition) is 0. The number of aromatic nitrogens is 2. The Hall–Kier alpha value is -5.43. The second-order valence-corrected chi connectivity index (χ2v) is 21.7. The Morgan fingerprint density at radius 2 is 0.973 bits per heavy atom. The van der Waals surface area contributed by atoms with E-state index in [4.69, 9.17) is 37.5 Å². The molecule has 0 aliphatic carbocycles. The first-order chi connectivity index (χ1) is 35.6. The summed E-state index contributed by atoms with van der Waals surface area (Å²) in [6.45, 7) is 6.00. The Morgan fingerprint density at radius 3 is 1.45 bits per heavy atom. The molecule has 0 unspecified atom stereocenters. The summed E-state index contributed by atoms with van der Waals surface area (Å²) in [5.41, 5.74) is 0.600. The lowest BCUT2D eigenvalue weighted by molar-refractivity contribution is -0.149. The number of ether oxygens (including phenoxy) is 5. The molecule has 0 fully saturated rings. The fourth-order valence-electron chi connectivity index (χ4n) is 7.81. The summed E-state index contributed by atoms with van der Waals surface area (Å²) in [5, 5.41) is 0. The third-order valence-electron chi connectivity index (χ3n) is 11.9. The van der Waals surface area contributed by atoms with Gasteiger partial charge in [-0.25, -0.2) is 29.1 Å². The molecule has 392 valence electrons. The number of rotatable bonds is 28. The van der Waals surface area contributed by atoms with E-state index < -0.39 is 66.8 Å². The molecule has 0 bridgehead atoms. The Morgan fingerprint density at radius 1 is 0.527 bits per heavy atom. The highest BCUT2D eigenvalue weighted by molar-refractivity contribution is 9.11. The molecule has 74 heavy (non-hydrogen) atoms. The number of unbranched alkanes of at least 4 members (excludes halogenated alkanes) is 8. The number of nitrogens with zero attached hydrogens (tertiary/aromatic N) is 2. The largest absolute Gasteiger partial charge is 0.455 e. The second kappa shape index (κ2) is 29.6. The van der Waals surface area contributed by atoms with Gasteiger partial charge in [0.2, 0.25) is 12.0 Å². The van der Waals surface area contributed by atoms with E-state index in [1.54, 1.807) is 72.8 Å². The Labute approximate surface area is 464 Å². The van der Waals surface area contributed by atoms with Crippen molar-refractivity contribution in [3.8, 4) is 0 Å². The lowest BCUT2D eigenvalue weighted by Crippen LogP contribution is -2.45. The minimum absolute atomic E-state index is 0.00636. The van der Waals surface area contributed by atoms with Gasteiger partial charge < -0.3 is 32.5 Å². The predicted octanol–water partition coefficient (Wildman–Crippen LogP) is 15.3. The lowest BCUT2D eigenvalue weighted by atomic mass is 10.00. The van der Waals surface area contributed by atoms with E-state index in [2.05, 4.69) is 82.6 Å². The number of benzene rings is 4. The maximum Gasteiger partial charge on any atom is 0.338 e. The summed E-state index contributed by atoms with van der Waals surface area (Å²) in [6, 6.07) is 25.6. The molecular weight excluding hydrogens is 1210 g/mol. The van der Waals surface area contributed by atoms with Crippen molar-refractivity contribution in [1.29, 1.82) is 0 Å². The van der Waals surface area contributed by atoms with Crippen LogP contribution >= 0.6 is 63.7 Å². The average Bonchev–Trinajstić information content (AvgIpc) is 4.11. The van der Waals surface area contributed by atoms with Gasteiger partial charge in [0, 0.05) is 30.7 Å². The molecule has 0 saturated heterocycles. The molecule has 18 heteroatoms. The third kappa shape index (κ3) is 18.4. The van der Waals surface area contributed by atoms with Crippen LogP contribution in [0.3, 0.4) is 0 Å². The number of oxazole rings is 2. The zero-order chi connectivity index (χ0) is 53.0. The highest BCUT2D eigenvalue weighted by Crippen LogP contribution is 2.34. The molecule has 0 N–H and O–H groups in total. The average molecular weight is 1270 g/mol. The summed E-state index contributed by atoms with van der Waals surface area (Å²) >= 11 is 13.6. The van der Waals surface area contributed by atoms with Crippen molar-refractivity contribution in [3.63, 3.8) is 0 Å². The minimum Gasteiger partial charge on any atom is -0.455 e. The van der Waals surface area contributed by atoms with Gasteiger partial charge >= 0.3 is 29.8 Å². The fraction of sp³-hybridized carbons (Fsp3) is 0.375. The molecule has 2 heterocycles. The van der Waals surface area contributed by atoms with Crippen LogP contribution in [0.15, 0.2) is 143 Å². The molecule has 0 spiro atoms. The van der Waals surface area contributed by atoms with E-state index in [1.165, 1.54) is 82.1 Å². The summed E-state index contributed by atoms with van der Waals surface area (Å²) < 4.78 is 45.0. The van der Waals surface area contributed by atoms with Crippen LogP contribution < -0.4 is 0 Å². The van der Waals surface area contributed by atoms with Crippen molar-refractivity contribution in [3.05, 3.63) is 173 Å². The van der Waals surface area contributed by atoms with Gasteiger partial charge in [0.15, 0.2) is 24.4 Å². The van der Waals surface area contributed by atoms with Crippen molar-refractivity contribution in [1.82, 2.24) is 9.97 Å². The van der Waals surface area contributed by atoms with Crippen molar-refractivity contribution < 1.29 is 56.5 Å². The fourth-order valence-corrected chi connectivity index (χ4v) is 8.87. The van der Waals surface area contributed by atoms with Crippen molar-refractivity contribution in [2.45, 2.75) is 128 Å². The van der Waals surface area contributed by atoms with Gasteiger partial charge in [-0.1, -0.05) is 135 Å². The van der Waals surface area contributed by atoms with Crippen LogP contribution in [0.2, 0.25) is 0 Å². The van der Waals surface area contributed by atoms with Crippen molar-refractivity contribution in [2.24, 2.45) is 5.92 Å². The van der Waals surface area contributed by atoms with Crippen molar-refractivity contribution >= 4 is 93.6 Å². The molecule has 5 atom stereocenters. The van der Waals surface area contributed by atoms with E-state index in [0.29, 0.717) is 19.8 Å². The van der Waals surface area contributed by atoms with Gasteiger partial charge in [0.1, 0.15) is 24.2 Å². The van der Waals surface area contributed by atoms with Crippen LogP contribution in [-0.2, 0) is 28.5 Å². The number of carbonyl (C=O) groups excluding carboxylic acids is 5. The molecule has 0 aliphatic heterocycles. The molecule has 6 aromatic rings. The lowest BCUT2D eigenvalue weighted by Gasteiger charge is -2.32. The number of esters is 5. The quantitative estimate of drug-likeness (QED) is 0.0257. The Balaban J connectivity index is 1.30. The first kappa shape index (κ1) is 57.8. The molecule has 4 aromatic carbocycles. The van der Waals surface area contributed by atoms with E-state index in [0.717, 1.165) is 36.1 Å². The minimum atomic E-state index is -1.55. The first-order valence-electron chi connectivity index (χ1n) is 24.5. The topological polar surface area (TPSA) is 184 Å². The van der Waals surface area contributed by atoms with Crippen LogP contribution in [-0.4, -0.2) is 58.1 Å². The maximum absolute atomic E-state index is 14.2. The standard InChI is InChI=1S/C56H58Br4N2O12/c1-35(2)13-11-9-7-5-4-6-8-10-12-14-49(63)73-51(48-32-61-34-69-48)52-62-45(33-68-52)46(71-54(65)38-17-25-42(58)26-18-38)31-47(72-55(66)39-19-27-43(59)28-20-39)50(74-56(67)40-21-29-44(60)30-22-40)36(3)70-53(64)37-15-23-41(57)24-16-37/h15-30,32-36,46-47,50-51H,4-14,31H2,1-3H3/t36-,46+,47-,50+,51+/m1/s1. The molecule has 0 aliphatic rings. The van der Waals surface area contributed by atoms with Gasteiger partial charge in [-0.3, -0.25) is 4.79 Å². The second-order valence-electron chi connectivity index (χ2n) is 18.1.